The summed E-state index contributed by atoms with van der Waals surface area (Å²) in [6.07, 6.45) is 0.842. The second-order valence-corrected chi connectivity index (χ2v) is 12.1. The van der Waals surface area contributed by atoms with E-state index in [1.807, 2.05) is 44.2 Å². The summed E-state index contributed by atoms with van der Waals surface area (Å²) in [4.78, 5) is 29.2. The molecule has 0 spiro atoms. The van der Waals surface area contributed by atoms with Crippen molar-refractivity contribution in [2.45, 2.75) is 44.2 Å². The smallest absolute Gasteiger partial charge is 0.264 e. The standard InChI is InChI=1S/C34H36FN3O4S/c1-3-22-36-34(40)32(23-27-12-6-4-7-13-27)37(24-28-14-10-11-17-31(28)35)33(39)25-38(29-15-8-5-9-16-29)43(41,42)30-20-18-26(2)19-21-30/h4-21,32H,3,22-25H2,1-2H3,(H,36,40)/t32-/m0/s1. The molecule has 4 rings (SSSR count). The molecule has 7 nitrogen and oxygen atoms in total. The highest BCUT2D eigenvalue weighted by Crippen LogP contribution is 2.25. The zero-order valence-corrected chi connectivity index (χ0v) is 25.1. The SMILES string of the molecule is CCCNC(=O)[C@H](Cc1ccccc1)N(Cc1ccccc1F)C(=O)CN(c1ccccc1)S(=O)(=O)c1ccc(C)cc1. The largest absolute Gasteiger partial charge is 0.354 e. The van der Waals surface area contributed by atoms with E-state index in [-0.39, 0.29) is 29.1 Å². The summed E-state index contributed by atoms with van der Waals surface area (Å²) in [7, 11) is -4.19. The number of nitrogens with zero attached hydrogens (tertiary/aromatic N) is 2. The van der Waals surface area contributed by atoms with E-state index >= 15 is 0 Å². The van der Waals surface area contributed by atoms with Crippen molar-refractivity contribution in [3.05, 3.63) is 132 Å². The Bertz CT molecular complexity index is 1610. The summed E-state index contributed by atoms with van der Waals surface area (Å²) < 4.78 is 43.9. The summed E-state index contributed by atoms with van der Waals surface area (Å²) in [5.41, 5.74) is 2.19. The van der Waals surface area contributed by atoms with E-state index in [2.05, 4.69) is 5.32 Å². The Balaban J connectivity index is 1.78. The molecule has 0 saturated heterocycles. The molecule has 0 aliphatic rings. The second-order valence-electron chi connectivity index (χ2n) is 10.3. The van der Waals surface area contributed by atoms with Gasteiger partial charge in [0.05, 0.1) is 10.6 Å². The van der Waals surface area contributed by atoms with Gasteiger partial charge in [0.25, 0.3) is 10.0 Å². The number of sulfonamides is 1. The van der Waals surface area contributed by atoms with Crippen LogP contribution in [0.5, 0.6) is 0 Å². The van der Waals surface area contributed by atoms with Gasteiger partial charge in [-0.3, -0.25) is 13.9 Å². The van der Waals surface area contributed by atoms with E-state index in [4.69, 9.17) is 0 Å². The van der Waals surface area contributed by atoms with E-state index in [9.17, 15) is 22.4 Å². The minimum absolute atomic E-state index is 0.0249. The first-order chi connectivity index (χ1) is 20.7. The maximum Gasteiger partial charge on any atom is 0.264 e. The van der Waals surface area contributed by atoms with E-state index < -0.39 is 40.2 Å². The number of amides is 2. The van der Waals surface area contributed by atoms with Crippen molar-refractivity contribution in [1.29, 1.82) is 0 Å². The number of aryl methyl sites for hydroxylation is 1. The second kappa shape index (κ2) is 14.6. The fourth-order valence-electron chi connectivity index (χ4n) is 4.69. The number of hydrogen-bond donors (Lipinski definition) is 1. The number of benzene rings is 4. The van der Waals surface area contributed by atoms with Crippen LogP contribution in [0, 0.1) is 12.7 Å². The molecule has 0 aliphatic carbocycles. The molecule has 4 aromatic carbocycles. The lowest BCUT2D eigenvalue weighted by Crippen LogP contribution is -2.53. The van der Waals surface area contributed by atoms with Crippen molar-refractivity contribution in [2.75, 3.05) is 17.4 Å². The highest BCUT2D eigenvalue weighted by Gasteiger charge is 2.34. The monoisotopic (exact) mass is 601 g/mol. The fourth-order valence-corrected chi connectivity index (χ4v) is 6.10. The molecule has 1 N–H and O–H groups in total. The van der Waals surface area contributed by atoms with Crippen LogP contribution in [-0.4, -0.2) is 44.3 Å². The highest BCUT2D eigenvalue weighted by molar-refractivity contribution is 7.92. The summed E-state index contributed by atoms with van der Waals surface area (Å²) in [6.45, 7) is 3.34. The van der Waals surface area contributed by atoms with Crippen molar-refractivity contribution in [3.8, 4) is 0 Å². The number of carbonyl (C=O) groups excluding carboxylic acids is 2. The topological polar surface area (TPSA) is 86.8 Å². The van der Waals surface area contributed by atoms with E-state index in [1.165, 1.54) is 23.1 Å². The first-order valence-corrected chi connectivity index (χ1v) is 15.6. The molecular weight excluding hydrogens is 565 g/mol. The van der Waals surface area contributed by atoms with Gasteiger partial charge in [-0.15, -0.1) is 0 Å². The highest BCUT2D eigenvalue weighted by atomic mass is 32.2. The minimum atomic E-state index is -4.19. The van der Waals surface area contributed by atoms with E-state index in [0.29, 0.717) is 13.0 Å². The first kappa shape index (κ1) is 31.4. The number of para-hydroxylation sites is 1. The van der Waals surface area contributed by atoms with Gasteiger partial charge >= 0.3 is 0 Å². The lowest BCUT2D eigenvalue weighted by molar-refractivity contribution is -0.140. The predicted molar refractivity (Wildman–Crippen MR) is 166 cm³/mol. The minimum Gasteiger partial charge on any atom is -0.354 e. The first-order valence-electron chi connectivity index (χ1n) is 14.2. The van der Waals surface area contributed by atoms with E-state index in [0.717, 1.165) is 15.4 Å². The Kier molecular flexibility index (Phi) is 10.7. The molecule has 4 aromatic rings. The molecule has 0 bridgehead atoms. The summed E-state index contributed by atoms with van der Waals surface area (Å²) in [6, 6.07) is 29.0. The van der Waals surface area contributed by atoms with Gasteiger partial charge in [0.2, 0.25) is 11.8 Å². The number of hydrogen-bond acceptors (Lipinski definition) is 4. The molecule has 0 saturated carbocycles. The van der Waals surface area contributed by atoms with Crippen LogP contribution < -0.4 is 9.62 Å². The Morgan fingerprint density at radius 1 is 0.837 bits per heavy atom. The Morgan fingerprint density at radius 3 is 2.07 bits per heavy atom. The van der Waals surface area contributed by atoms with Crippen molar-refractivity contribution in [3.63, 3.8) is 0 Å². The van der Waals surface area contributed by atoms with E-state index in [1.54, 1.807) is 60.7 Å². The average Bonchev–Trinajstić information content (AvgIpc) is 3.02. The van der Waals surface area contributed by atoms with Gasteiger partial charge in [-0.1, -0.05) is 91.3 Å². The van der Waals surface area contributed by atoms with Crippen LogP contribution in [0.15, 0.2) is 114 Å². The lowest BCUT2D eigenvalue weighted by Gasteiger charge is -2.34. The van der Waals surface area contributed by atoms with Gasteiger partial charge < -0.3 is 10.2 Å². The van der Waals surface area contributed by atoms with Gasteiger partial charge in [-0.05, 0) is 49.2 Å². The molecule has 1 atom stereocenters. The molecule has 0 aromatic heterocycles. The van der Waals surface area contributed by atoms with Crippen LogP contribution >= 0.6 is 0 Å². The molecule has 0 aliphatic heterocycles. The third kappa shape index (κ3) is 8.08. The van der Waals surface area contributed by atoms with Crippen LogP contribution in [-0.2, 0) is 32.6 Å². The quantitative estimate of drug-likeness (QED) is 0.219. The predicted octanol–water partition coefficient (Wildman–Crippen LogP) is 5.50. The molecule has 0 heterocycles. The zero-order valence-electron chi connectivity index (χ0n) is 24.3. The maximum absolute atomic E-state index is 14.9. The number of halogens is 1. The molecule has 0 fully saturated rings. The van der Waals surface area contributed by atoms with Gasteiger partial charge in [0, 0.05) is 25.1 Å². The fraction of sp³-hybridized carbons (Fsp3) is 0.235. The molecule has 2 amide bonds. The normalized spacial score (nSPS) is 11.9. The third-order valence-electron chi connectivity index (χ3n) is 7.05. The Morgan fingerprint density at radius 2 is 1.44 bits per heavy atom. The van der Waals surface area contributed by atoms with Gasteiger partial charge in [0.15, 0.2) is 0 Å². The number of anilines is 1. The van der Waals surface area contributed by atoms with Crippen LogP contribution in [0.1, 0.15) is 30.0 Å². The van der Waals surface area contributed by atoms with Crippen LogP contribution in [0.4, 0.5) is 10.1 Å². The lowest BCUT2D eigenvalue weighted by atomic mass is 10.0. The van der Waals surface area contributed by atoms with Crippen molar-refractivity contribution >= 4 is 27.5 Å². The Labute approximate surface area is 253 Å². The molecule has 0 radical (unpaired) electrons. The molecule has 43 heavy (non-hydrogen) atoms. The van der Waals surface area contributed by atoms with Crippen molar-refractivity contribution < 1.29 is 22.4 Å². The number of nitrogens with one attached hydrogen (secondary N) is 1. The molecule has 0 unspecified atom stereocenters. The van der Waals surface area contributed by atoms with Crippen LogP contribution in [0.2, 0.25) is 0 Å². The maximum atomic E-state index is 14.9. The van der Waals surface area contributed by atoms with Gasteiger partial charge in [0.1, 0.15) is 18.4 Å². The molecule has 224 valence electrons. The summed E-state index contributed by atoms with van der Waals surface area (Å²) >= 11 is 0. The molecule has 9 heteroatoms. The van der Waals surface area contributed by atoms with Crippen LogP contribution in [0.25, 0.3) is 0 Å². The van der Waals surface area contributed by atoms with Crippen molar-refractivity contribution in [2.24, 2.45) is 0 Å². The average molecular weight is 602 g/mol. The van der Waals surface area contributed by atoms with Gasteiger partial charge in [-0.2, -0.15) is 0 Å². The third-order valence-corrected chi connectivity index (χ3v) is 8.84. The summed E-state index contributed by atoms with van der Waals surface area (Å²) in [5.74, 6) is -1.57. The summed E-state index contributed by atoms with van der Waals surface area (Å²) in [5, 5.41) is 2.88. The van der Waals surface area contributed by atoms with Crippen LogP contribution in [0.3, 0.4) is 0 Å². The van der Waals surface area contributed by atoms with Crippen molar-refractivity contribution in [1.82, 2.24) is 10.2 Å². The number of rotatable bonds is 13. The Hall–Kier alpha value is -4.50. The zero-order chi connectivity index (χ0) is 30.8. The molecular formula is C34H36FN3O4S. The van der Waals surface area contributed by atoms with Gasteiger partial charge in [-0.25, -0.2) is 12.8 Å². The number of carbonyl (C=O) groups is 2.